The van der Waals surface area contributed by atoms with Crippen LogP contribution in [0.1, 0.15) is 84.5 Å². The van der Waals surface area contributed by atoms with E-state index in [9.17, 15) is 9.90 Å². The fourth-order valence-corrected chi connectivity index (χ4v) is 3.53. The predicted octanol–water partition coefficient (Wildman–Crippen LogP) is 5.02. The molecule has 0 heterocycles. The van der Waals surface area contributed by atoms with Crippen LogP contribution in [0.15, 0.2) is 0 Å². The maximum atomic E-state index is 11.6. The van der Waals surface area contributed by atoms with Gasteiger partial charge in [-0.15, -0.1) is 0 Å². The van der Waals surface area contributed by atoms with Crippen LogP contribution in [0.25, 0.3) is 0 Å². The zero-order valence-corrected chi connectivity index (χ0v) is 12.2. The van der Waals surface area contributed by atoms with Crippen LogP contribution in [0.5, 0.6) is 0 Å². The number of carboxylic acids is 1. The lowest BCUT2D eigenvalue weighted by atomic mass is 9.70. The van der Waals surface area contributed by atoms with Crippen molar-refractivity contribution >= 4 is 5.97 Å². The molecule has 0 unspecified atom stereocenters. The minimum absolute atomic E-state index is 0.377. The highest BCUT2D eigenvalue weighted by molar-refractivity contribution is 5.74. The van der Waals surface area contributed by atoms with Crippen molar-refractivity contribution in [3.63, 3.8) is 0 Å². The maximum absolute atomic E-state index is 11.6. The van der Waals surface area contributed by atoms with E-state index in [1.54, 1.807) is 0 Å². The van der Waals surface area contributed by atoms with Gasteiger partial charge in [-0.1, -0.05) is 58.8 Å². The van der Waals surface area contributed by atoms with Crippen molar-refractivity contribution in [1.82, 2.24) is 0 Å². The molecule has 1 fully saturated rings. The summed E-state index contributed by atoms with van der Waals surface area (Å²) in [6.07, 6.45) is 12.3. The predicted molar refractivity (Wildman–Crippen MR) is 75.7 cm³/mol. The summed E-state index contributed by atoms with van der Waals surface area (Å²) in [6.45, 7) is 4.46. The lowest BCUT2D eigenvalue weighted by Gasteiger charge is -2.34. The standard InChI is InChI=1S/C16H30O2/c1-3-8-14(9-4-2)10-13-16(15(17)18)11-6-5-7-12-16/h14H,3-13H2,1-2H3,(H,17,18). The molecule has 1 aliphatic rings. The number of carboxylic acid groups (broad SMARTS) is 1. The normalized spacial score (nSPS) is 19.1. The number of carbonyl (C=O) groups is 1. The van der Waals surface area contributed by atoms with Gasteiger partial charge in [0.1, 0.15) is 0 Å². The fraction of sp³-hybridized carbons (Fsp3) is 0.938. The highest BCUT2D eigenvalue weighted by Crippen LogP contribution is 2.42. The van der Waals surface area contributed by atoms with E-state index >= 15 is 0 Å². The van der Waals surface area contributed by atoms with Crippen LogP contribution in [0.3, 0.4) is 0 Å². The Morgan fingerprint density at radius 1 is 1.06 bits per heavy atom. The summed E-state index contributed by atoms with van der Waals surface area (Å²) in [5, 5.41) is 9.56. The molecule has 0 spiro atoms. The number of hydrogen-bond acceptors (Lipinski definition) is 1. The average molecular weight is 254 g/mol. The molecular weight excluding hydrogens is 224 g/mol. The van der Waals surface area contributed by atoms with Gasteiger partial charge >= 0.3 is 5.97 Å². The molecule has 0 aliphatic heterocycles. The van der Waals surface area contributed by atoms with E-state index < -0.39 is 5.97 Å². The highest BCUT2D eigenvalue weighted by Gasteiger charge is 2.39. The Labute approximate surface area is 112 Å². The quantitative estimate of drug-likeness (QED) is 0.660. The first kappa shape index (κ1) is 15.5. The van der Waals surface area contributed by atoms with Gasteiger partial charge < -0.3 is 5.11 Å². The van der Waals surface area contributed by atoms with Gasteiger partial charge in [0, 0.05) is 0 Å². The third kappa shape index (κ3) is 4.29. The van der Waals surface area contributed by atoms with Crippen LogP contribution in [0.4, 0.5) is 0 Å². The molecular formula is C16H30O2. The third-order valence-electron chi connectivity index (χ3n) is 4.69. The van der Waals surface area contributed by atoms with Crippen LogP contribution < -0.4 is 0 Å². The Bertz CT molecular complexity index is 235. The van der Waals surface area contributed by atoms with Crippen LogP contribution in [0.2, 0.25) is 0 Å². The summed E-state index contributed by atoms with van der Waals surface area (Å²) < 4.78 is 0. The maximum Gasteiger partial charge on any atom is 0.309 e. The summed E-state index contributed by atoms with van der Waals surface area (Å²) in [4.78, 5) is 11.6. The van der Waals surface area contributed by atoms with Gasteiger partial charge in [0.2, 0.25) is 0 Å². The summed E-state index contributed by atoms with van der Waals surface area (Å²) in [5.41, 5.74) is -0.377. The molecule has 0 aromatic carbocycles. The second-order valence-corrected chi connectivity index (χ2v) is 6.13. The van der Waals surface area contributed by atoms with E-state index in [1.807, 2.05) is 0 Å². The number of rotatable bonds is 8. The summed E-state index contributed by atoms with van der Waals surface area (Å²) in [5.74, 6) is 0.215. The molecule has 2 nitrogen and oxygen atoms in total. The molecule has 18 heavy (non-hydrogen) atoms. The Balaban J connectivity index is 2.52. The van der Waals surface area contributed by atoms with E-state index in [1.165, 1.54) is 32.1 Å². The number of aliphatic carboxylic acids is 1. The molecule has 1 saturated carbocycles. The zero-order valence-electron chi connectivity index (χ0n) is 12.2. The molecule has 0 saturated heterocycles. The number of hydrogen-bond donors (Lipinski definition) is 1. The average Bonchev–Trinajstić information content (AvgIpc) is 2.37. The molecule has 106 valence electrons. The molecule has 0 bridgehead atoms. The molecule has 0 radical (unpaired) electrons. The minimum atomic E-state index is -0.533. The van der Waals surface area contributed by atoms with Crippen LogP contribution in [-0.2, 0) is 4.79 Å². The van der Waals surface area contributed by atoms with Gasteiger partial charge in [-0.25, -0.2) is 0 Å². The highest BCUT2D eigenvalue weighted by atomic mass is 16.4. The summed E-state index contributed by atoms with van der Waals surface area (Å²) in [6, 6.07) is 0. The van der Waals surface area contributed by atoms with Crippen molar-refractivity contribution in [2.75, 3.05) is 0 Å². The largest absolute Gasteiger partial charge is 0.481 e. The third-order valence-corrected chi connectivity index (χ3v) is 4.69. The molecule has 0 atom stereocenters. The molecule has 2 heteroatoms. The van der Waals surface area contributed by atoms with E-state index in [-0.39, 0.29) is 5.41 Å². The zero-order chi connectivity index (χ0) is 13.4. The molecule has 0 amide bonds. The molecule has 1 rings (SSSR count). The molecule has 1 aliphatic carbocycles. The fourth-order valence-electron chi connectivity index (χ4n) is 3.53. The first-order valence-corrected chi connectivity index (χ1v) is 7.88. The van der Waals surface area contributed by atoms with Crippen molar-refractivity contribution in [2.24, 2.45) is 11.3 Å². The van der Waals surface area contributed by atoms with Crippen molar-refractivity contribution in [2.45, 2.75) is 84.5 Å². The van der Waals surface area contributed by atoms with Crippen LogP contribution in [0, 0.1) is 11.3 Å². The van der Waals surface area contributed by atoms with Crippen LogP contribution >= 0.6 is 0 Å². The van der Waals surface area contributed by atoms with Gasteiger partial charge in [0.05, 0.1) is 5.41 Å². The first-order valence-electron chi connectivity index (χ1n) is 7.88. The van der Waals surface area contributed by atoms with Crippen molar-refractivity contribution in [3.8, 4) is 0 Å². The summed E-state index contributed by atoms with van der Waals surface area (Å²) >= 11 is 0. The summed E-state index contributed by atoms with van der Waals surface area (Å²) in [7, 11) is 0. The SMILES string of the molecule is CCCC(CCC)CCC1(C(=O)O)CCCCC1. The first-order chi connectivity index (χ1) is 8.64. The van der Waals surface area contributed by atoms with Gasteiger partial charge in [0.15, 0.2) is 0 Å². The monoisotopic (exact) mass is 254 g/mol. The van der Waals surface area contributed by atoms with Gasteiger partial charge in [-0.05, 0) is 31.6 Å². The second kappa shape index (κ2) is 7.81. The Morgan fingerprint density at radius 2 is 1.61 bits per heavy atom. The van der Waals surface area contributed by atoms with Gasteiger partial charge in [-0.2, -0.15) is 0 Å². The topological polar surface area (TPSA) is 37.3 Å². The lowest BCUT2D eigenvalue weighted by Crippen LogP contribution is -2.33. The van der Waals surface area contributed by atoms with E-state index in [2.05, 4.69) is 13.8 Å². The molecule has 1 N–H and O–H groups in total. The van der Waals surface area contributed by atoms with Crippen molar-refractivity contribution in [3.05, 3.63) is 0 Å². The van der Waals surface area contributed by atoms with E-state index in [4.69, 9.17) is 0 Å². The van der Waals surface area contributed by atoms with Crippen LogP contribution in [-0.4, -0.2) is 11.1 Å². The Morgan fingerprint density at radius 3 is 2.06 bits per heavy atom. The van der Waals surface area contributed by atoms with Crippen molar-refractivity contribution in [1.29, 1.82) is 0 Å². The van der Waals surface area contributed by atoms with Crippen molar-refractivity contribution < 1.29 is 9.90 Å². The minimum Gasteiger partial charge on any atom is -0.481 e. The molecule has 0 aromatic rings. The smallest absolute Gasteiger partial charge is 0.309 e. The Kier molecular flexibility index (Phi) is 6.73. The second-order valence-electron chi connectivity index (χ2n) is 6.13. The van der Waals surface area contributed by atoms with E-state index in [0.717, 1.165) is 44.4 Å². The molecule has 0 aromatic heterocycles. The Hall–Kier alpha value is -0.530. The lowest BCUT2D eigenvalue weighted by molar-refractivity contribution is -0.151. The van der Waals surface area contributed by atoms with Gasteiger partial charge in [0.25, 0.3) is 0 Å². The van der Waals surface area contributed by atoms with Gasteiger partial charge in [-0.3, -0.25) is 4.79 Å². The van der Waals surface area contributed by atoms with E-state index in [0.29, 0.717) is 0 Å².